The summed E-state index contributed by atoms with van der Waals surface area (Å²) in [6.45, 7) is 1.87. The van der Waals surface area contributed by atoms with Gasteiger partial charge in [0.05, 0.1) is 16.8 Å². The van der Waals surface area contributed by atoms with Crippen LogP contribution in [0, 0.1) is 6.92 Å². The maximum Gasteiger partial charge on any atom is 0.337 e. The van der Waals surface area contributed by atoms with Gasteiger partial charge in [0.1, 0.15) is 5.82 Å². The van der Waals surface area contributed by atoms with E-state index in [-0.39, 0.29) is 5.56 Å². The third-order valence-corrected chi connectivity index (χ3v) is 3.11. The molecule has 4 nitrogen and oxygen atoms in total. The van der Waals surface area contributed by atoms with Gasteiger partial charge in [-0.25, -0.2) is 9.78 Å². The van der Waals surface area contributed by atoms with Gasteiger partial charge < -0.3 is 9.51 Å². The van der Waals surface area contributed by atoms with Crippen LogP contribution in [0.5, 0.6) is 0 Å². The highest BCUT2D eigenvalue weighted by atomic mass is 16.4. The molecule has 0 radical (unpaired) electrons. The van der Waals surface area contributed by atoms with Crippen LogP contribution >= 0.6 is 0 Å². The molecule has 0 amide bonds. The average Bonchev–Trinajstić information content (AvgIpc) is 2.77. The Labute approximate surface area is 110 Å². The lowest BCUT2D eigenvalue weighted by atomic mass is 10.1. The van der Waals surface area contributed by atoms with Gasteiger partial charge in [0.15, 0.2) is 0 Å². The van der Waals surface area contributed by atoms with Gasteiger partial charge in [-0.3, -0.25) is 0 Å². The highest BCUT2D eigenvalue weighted by Gasteiger charge is 2.12. The quantitative estimate of drug-likeness (QED) is 0.762. The number of hydrogen-bond donors (Lipinski definition) is 1. The second-order valence-electron chi connectivity index (χ2n) is 4.35. The fraction of sp³-hybridized carbons (Fsp3) is 0.0667. The molecule has 0 spiro atoms. The minimum Gasteiger partial charge on any atom is -0.478 e. The number of carboxylic acids is 1. The van der Waals surface area contributed by atoms with Crippen LogP contribution in [0.3, 0.4) is 0 Å². The maximum atomic E-state index is 11.0. The Bertz CT molecular complexity index is 760. The van der Waals surface area contributed by atoms with Gasteiger partial charge in [0.2, 0.25) is 0 Å². The number of nitrogens with zero attached hydrogens (tertiary/aromatic N) is 2. The molecular weight excluding hydrogens is 240 g/mol. The van der Waals surface area contributed by atoms with Crippen LogP contribution in [0.25, 0.3) is 16.8 Å². The molecule has 0 unspecified atom stereocenters. The molecule has 1 aromatic carbocycles. The number of fused-ring (bicyclic) bond motifs is 1. The van der Waals surface area contributed by atoms with E-state index in [0.29, 0.717) is 0 Å². The Morgan fingerprint density at radius 3 is 2.58 bits per heavy atom. The van der Waals surface area contributed by atoms with Gasteiger partial charge in [-0.05, 0) is 19.1 Å². The number of pyridine rings is 1. The van der Waals surface area contributed by atoms with E-state index >= 15 is 0 Å². The SMILES string of the molecule is Cc1nc(-c2ccccc2)c2ccc(C(=O)O)cn12. The van der Waals surface area contributed by atoms with Crippen molar-refractivity contribution >= 4 is 11.5 Å². The van der Waals surface area contributed by atoms with Crippen molar-refractivity contribution in [1.82, 2.24) is 9.38 Å². The zero-order chi connectivity index (χ0) is 13.4. The number of hydrogen-bond acceptors (Lipinski definition) is 2. The molecule has 0 atom stereocenters. The summed E-state index contributed by atoms with van der Waals surface area (Å²) >= 11 is 0. The third kappa shape index (κ3) is 1.87. The van der Waals surface area contributed by atoms with E-state index < -0.39 is 5.97 Å². The monoisotopic (exact) mass is 252 g/mol. The molecule has 0 aliphatic heterocycles. The number of aryl methyl sites for hydroxylation is 1. The summed E-state index contributed by atoms with van der Waals surface area (Å²) in [7, 11) is 0. The van der Waals surface area contributed by atoms with Gasteiger partial charge >= 0.3 is 5.97 Å². The van der Waals surface area contributed by atoms with Crippen molar-refractivity contribution in [2.75, 3.05) is 0 Å². The standard InChI is InChI=1S/C15H12N2O2/c1-10-16-14(11-5-3-2-4-6-11)13-8-7-12(15(18)19)9-17(10)13/h2-9H,1H3,(H,18,19). The first-order valence-corrected chi connectivity index (χ1v) is 5.94. The molecule has 0 aliphatic rings. The van der Waals surface area contributed by atoms with Crippen molar-refractivity contribution < 1.29 is 9.90 Å². The largest absolute Gasteiger partial charge is 0.478 e. The fourth-order valence-electron chi connectivity index (χ4n) is 2.17. The van der Waals surface area contributed by atoms with Crippen molar-refractivity contribution in [3.8, 4) is 11.3 Å². The molecule has 0 fully saturated rings. The molecule has 2 aromatic heterocycles. The summed E-state index contributed by atoms with van der Waals surface area (Å²) in [6.07, 6.45) is 1.60. The van der Waals surface area contributed by atoms with Gasteiger partial charge in [-0.15, -0.1) is 0 Å². The van der Waals surface area contributed by atoms with E-state index in [1.165, 1.54) is 0 Å². The van der Waals surface area contributed by atoms with Crippen molar-refractivity contribution in [3.63, 3.8) is 0 Å². The number of carbonyl (C=O) groups is 1. The second-order valence-corrected chi connectivity index (χ2v) is 4.35. The van der Waals surface area contributed by atoms with Crippen LogP contribution in [0.15, 0.2) is 48.7 Å². The minimum atomic E-state index is -0.934. The number of imidazole rings is 1. The summed E-state index contributed by atoms with van der Waals surface area (Å²) in [5.74, 6) is -0.159. The van der Waals surface area contributed by atoms with Crippen LogP contribution in [-0.2, 0) is 0 Å². The average molecular weight is 252 g/mol. The van der Waals surface area contributed by atoms with Crippen LogP contribution in [-0.4, -0.2) is 20.5 Å². The van der Waals surface area contributed by atoms with Crippen LogP contribution in [0.4, 0.5) is 0 Å². The van der Waals surface area contributed by atoms with Crippen LogP contribution in [0.2, 0.25) is 0 Å². The van der Waals surface area contributed by atoms with Gasteiger partial charge in [-0.2, -0.15) is 0 Å². The molecule has 0 saturated carbocycles. The topological polar surface area (TPSA) is 54.6 Å². The third-order valence-electron chi connectivity index (χ3n) is 3.11. The number of rotatable bonds is 2. The van der Waals surface area contributed by atoms with Crippen molar-refractivity contribution in [2.45, 2.75) is 6.92 Å². The normalized spacial score (nSPS) is 10.8. The smallest absolute Gasteiger partial charge is 0.337 e. The Hall–Kier alpha value is -2.62. The van der Waals surface area contributed by atoms with E-state index in [2.05, 4.69) is 4.98 Å². The summed E-state index contributed by atoms with van der Waals surface area (Å²) in [5.41, 5.74) is 3.06. The predicted octanol–water partition coefficient (Wildman–Crippen LogP) is 3.01. The predicted molar refractivity (Wildman–Crippen MR) is 72.3 cm³/mol. The van der Waals surface area contributed by atoms with Gasteiger partial charge in [-0.1, -0.05) is 30.3 Å². The number of benzene rings is 1. The van der Waals surface area contributed by atoms with Crippen molar-refractivity contribution in [1.29, 1.82) is 0 Å². The molecule has 4 heteroatoms. The van der Waals surface area contributed by atoms with E-state index in [1.807, 2.05) is 41.7 Å². The minimum absolute atomic E-state index is 0.257. The van der Waals surface area contributed by atoms with Crippen LogP contribution in [0.1, 0.15) is 16.2 Å². The number of aromatic nitrogens is 2. The van der Waals surface area contributed by atoms with Crippen molar-refractivity contribution in [2.24, 2.45) is 0 Å². The molecular formula is C15H12N2O2. The Balaban J connectivity index is 2.26. The highest BCUT2D eigenvalue weighted by molar-refractivity contribution is 5.88. The van der Waals surface area contributed by atoms with Crippen LogP contribution < -0.4 is 0 Å². The first kappa shape index (κ1) is 11.5. The Kier molecular flexibility index (Phi) is 2.56. The lowest BCUT2D eigenvalue weighted by Gasteiger charge is -2.00. The molecule has 2 heterocycles. The molecule has 1 N–H and O–H groups in total. The van der Waals surface area contributed by atoms with E-state index in [1.54, 1.807) is 18.3 Å². The van der Waals surface area contributed by atoms with E-state index in [4.69, 9.17) is 5.11 Å². The summed E-state index contributed by atoms with van der Waals surface area (Å²) in [4.78, 5) is 15.5. The Morgan fingerprint density at radius 1 is 1.16 bits per heavy atom. The second kappa shape index (κ2) is 4.24. The molecule has 3 rings (SSSR count). The molecule has 0 saturated heterocycles. The summed E-state index contributed by atoms with van der Waals surface area (Å²) in [5, 5.41) is 9.03. The molecule has 94 valence electrons. The number of aromatic carboxylic acids is 1. The fourth-order valence-corrected chi connectivity index (χ4v) is 2.17. The van der Waals surface area contributed by atoms with E-state index in [9.17, 15) is 4.79 Å². The highest BCUT2D eigenvalue weighted by Crippen LogP contribution is 2.24. The molecule has 19 heavy (non-hydrogen) atoms. The first-order valence-electron chi connectivity index (χ1n) is 5.94. The zero-order valence-corrected chi connectivity index (χ0v) is 10.4. The lowest BCUT2D eigenvalue weighted by molar-refractivity contribution is 0.0696. The lowest BCUT2D eigenvalue weighted by Crippen LogP contribution is -1.99. The van der Waals surface area contributed by atoms with Crippen molar-refractivity contribution in [3.05, 3.63) is 60.0 Å². The zero-order valence-electron chi connectivity index (χ0n) is 10.4. The number of carboxylic acid groups (broad SMARTS) is 1. The molecule has 3 aromatic rings. The molecule has 0 bridgehead atoms. The molecule has 0 aliphatic carbocycles. The first-order chi connectivity index (χ1) is 9.16. The summed E-state index contributed by atoms with van der Waals surface area (Å²) < 4.78 is 1.81. The Morgan fingerprint density at radius 2 is 1.89 bits per heavy atom. The van der Waals surface area contributed by atoms with Gasteiger partial charge in [0, 0.05) is 11.8 Å². The van der Waals surface area contributed by atoms with Gasteiger partial charge in [0.25, 0.3) is 0 Å². The maximum absolute atomic E-state index is 11.0. The summed E-state index contributed by atoms with van der Waals surface area (Å²) in [6, 6.07) is 13.3. The van der Waals surface area contributed by atoms with E-state index in [0.717, 1.165) is 22.6 Å².